The molecule has 0 aliphatic heterocycles. The van der Waals surface area contributed by atoms with Crippen molar-refractivity contribution < 1.29 is 28.5 Å². The van der Waals surface area contributed by atoms with Crippen LogP contribution in [0, 0.1) is 0 Å². The summed E-state index contributed by atoms with van der Waals surface area (Å²) in [6, 6.07) is 0. The van der Waals surface area contributed by atoms with Crippen molar-refractivity contribution in [2.24, 2.45) is 0 Å². The molecule has 7 nitrogen and oxygen atoms in total. The van der Waals surface area contributed by atoms with Crippen LogP contribution in [0.2, 0.25) is 0 Å². The average molecular weight is 680 g/mol. The monoisotopic (exact) mass is 680 g/mol. The van der Waals surface area contributed by atoms with E-state index < -0.39 is 0 Å². The molecule has 0 aromatic rings. The van der Waals surface area contributed by atoms with Gasteiger partial charge in [0.2, 0.25) is 0 Å². The van der Waals surface area contributed by atoms with Gasteiger partial charge in [0.15, 0.2) is 6.29 Å². The minimum Gasteiger partial charge on any atom is -0.461 e. The van der Waals surface area contributed by atoms with Crippen LogP contribution in [0.4, 0.5) is 0 Å². The molecule has 48 heavy (non-hydrogen) atoms. The molecule has 0 aliphatic carbocycles. The highest BCUT2D eigenvalue weighted by atomic mass is 16.7. The number of allylic oxidation sites excluding steroid dienone is 2. The molecule has 0 aromatic heterocycles. The fourth-order valence-corrected chi connectivity index (χ4v) is 5.51. The van der Waals surface area contributed by atoms with Gasteiger partial charge in [-0.2, -0.15) is 0 Å². The van der Waals surface area contributed by atoms with Gasteiger partial charge in [-0.3, -0.25) is 9.59 Å². The summed E-state index contributed by atoms with van der Waals surface area (Å²) in [5.41, 5.74) is 0. The Hall–Kier alpha value is -1.70. The summed E-state index contributed by atoms with van der Waals surface area (Å²) in [7, 11) is 4.10. The van der Waals surface area contributed by atoms with Crippen molar-refractivity contribution in [1.29, 1.82) is 0 Å². The quantitative estimate of drug-likeness (QED) is 0.0282. The maximum absolute atomic E-state index is 12.0. The first-order valence-corrected chi connectivity index (χ1v) is 19.9. The second kappa shape index (κ2) is 36.6. The molecule has 1 atom stereocenters. The second-order valence-electron chi connectivity index (χ2n) is 13.6. The number of rotatable bonds is 36. The normalized spacial score (nSPS) is 12.6. The van der Waals surface area contributed by atoms with Gasteiger partial charge in [0.25, 0.3) is 0 Å². The van der Waals surface area contributed by atoms with Gasteiger partial charge in [0, 0.05) is 19.4 Å². The van der Waals surface area contributed by atoms with Crippen LogP contribution in [0.15, 0.2) is 24.3 Å². The number of esters is 2. The summed E-state index contributed by atoms with van der Waals surface area (Å²) < 4.78 is 22.9. The molecular formula is C41H77NO6. The van der Waals surface area contributed by atoms with Crippen LogP contribution in [0.1, 0.15) is 175 Å². The topological polar surface area (TPSA) is 74.3 Å². The predicted octanol–water partition coefficient (Wildman–Crippen LogP) is 10.9. The number of unbranched alkanes of at least 4 members (excludes halogenated alkanes) is 16. The van der Waals surface area contributed by atoms with Gasteiger partial charge in [0.05, 0.1) is 12.7 Å². The molecule has 0 spiro atoms. The van der Waals surface area contributed by atoms with Crippen molar-refractivity contribution in [2.45, 2.75) is 187 Å². The molecule has 0 aliphatic rings. The van der Waals surface area contributed by atoms with Crippen molar-refractivity contribution in [3.05, 3.63) is 24.3 Å². The SMILES string of the molecule is CCCCCC/C=C\COC(=O)CCCCCCCC(CCCCCCCC(=O)OC/C=C\CCCCCC)OC(C)OCCN(C)C. The number of hydrogen-bond donors (Lipinski definition) is 0. The van der Waals surface area contributed by atoms with Crippen molar-refractivity contribution >= 4 is 11.9 Å². The zero-order chi connectivity index (χ0) is 35.3. The molecule has 0 amide bonds. The van der Waals surface area contributed by atoms with Gasteiger partial charge in [-0.05, 0) is 72.4 Å². The van der Waals surface area contributed by atoms with Gasteiger partial charge in [-0.25, -0.2) is 0 Å². The summed E-state index contributed by atoms with van der Waals surface area (Å²) in [4.78, 5) is 26.1. The third-order valence-corrected chi connectivity index (χ3v) is 8.55. The van der Waals surface area contributed by atoms with E-state index in [1.165, 1.54) is 51.4 Å². The molecule has 0 heterocycles. The smallest absolute Gasteiger partial charge is 0.306 e. The van der Waals surface area contributed by atoms with E-state index in [0.717, 1.165) is 96.4 Å². The lowest BCUT2D eigenvalue weighted by atomic mass is 10.0. The van der Waals surface area contributed by atoms with Crippen LogP contribution >= 0.6 is 0 Å². The lowest BCUT2D eigenvalue weighted by Crippen LogP contribution is -2.26. The molecule has 0 N–H and O–H groups in total. The summed E-state index contributed by atoms with van der Waals surface area (Å²) in [6.45, 7) is 8.79. The fraction of sp³-hybridized carbons (Fsp3) is 0.854. The van der Waals surface area contributed by atoms with Gasteiger partial charge in [-0.1, -0.05) is 128 Å². The average Bonchev–Trinajstić information content (AvgIpc) is 3.05. The van der Waals surface area contributed by atoms with E-state index >= 15 is 0 Å². The maximum Gasteiger partial charge on any atom is 0.306 e. The molecule has 0 saturated heterocycles. The van der Waals surface area contributed by atoms with Crippen LogP contribution < -0.4 is 0 Å². The Kier molecular flexibility index (Phi) is 35.3. The third kappa shape index (κ3) is 35.6. The fourth-order valence-electron chi connectivity index (χ4n) is 5.51. The molecule has 0 rings (SSSR count). The van der Waals surface area contributed by atoms with Gasteiger partial charge < -0.3 is 23.8 Å². The van der Waals surface area contributed by atoms with Crippen LogP contribution in [0.3, 0.4) is 0 Å². The molecule has 0 radical (unpaired) electrons. The standard InChI is InChI=1S/C41H77NO6/c1-6-8-10-12-14-22-28-35-46-40(43)32-26-20-16-18-24-30-39(48-38(3)45-37-34-42(4)5)31-25-19-17-21-27-33-41(44)47-36-29-23-15-13-11-9-7-2/h22-23,28-29,38-39H,6-21,24-27,30-37H2,1-5H3/b28-22-,29-23-. The van der Waals surface area contributed by atoms with Crippen LogP contribution in [-0.2, 0) is 28.5 Å². The molecule has 282 valence electrons. The van der Waals surface area contributed by atoms with E-state index in [-0.39, 0.29) is 24.3 Å². The van der Waals surface area contributed by atoms with Crippen LogP contribution in [0.25, 0.3) is 0 Å². The molecular weight excluding hydrogens is 602 g/mol. The van der Waals surface area contributed by atoms with Gasteiger partial charge in [0.1, 0.15) is 13.2 Å². The summed E-state index contributed by atoms with van der Waals surface area (Å²) >= 11 is 0. The Morgan fingerprint density at radius 2 is 1.02 bits per heavy atom. The summed E-state index contributed by atoms with van der Waals surface area (Å²) in [5.74, 6) is -0.169. The minimum atomic E-state index is -0.209. The van der Waals surface area contributed by atoms with Crippen molar-refractivity contribution in [1.82, 2.24) is 4.90 Å². The Morgan fingerprint density at radius 1 is 0.583 bits per heavy atom. The van der Waals surface area contributed by atoms with E-state index in [1.54, 1.807) is 0 Å². The highest BCUT2D eigenvalue weighted by molar-refractivity contribution is 5.69. The van der Waals surface area contributed by atoms with Gasteiger partial charge in [-0.15, -0.1) is 0 Å². The third-order valence-electron chi connectivity index (χ3n) is 8.55. The maximum atomic E-state index is 12.0. The molecule has 1 unspecified atom stereocenters. The number of carbonyl (C=O) groups excluding carboxylic acids is 2. The molecule has 0 bridgehead atoms. The van der Waals surface area contributed by atoms with Crippen LogP contribution in [0.5, 0.6) is 0 Å². The largest absolute Gasteiger partial charge is 0.461 e. The first kappa shape index (κ1) is 46.3. The number of hydrogen-bond acceptors (Lipinski definition) is 7. The number of likely N-dealkylation sites (N-methyl/N-ethyl adjacent to an activating group) is 1. The minimum absolute atomic E-state index is 0.0847. The summed E-state index contributed by atoms with van der Waals surface area (Å²) in [6.07, 6.45) is 34.2. The van der Waals surface area contributed by atoms with Gasteiger partial charge >= 0.3 is 11.9 Å². The predicted molar refractivity (Wildman–Crippen MR) is 201 cm³/mol. The first-order valence-electron chi connectivity index (χ1n) is 19.9. The Morgan fingerprint density at radius 3 is 1.48 bits per heavy atom. The highest BCUT2D eigenvalue weighted by Gasteiger charge is 2.14. The Bertz CT molecular complexity index is 716. The van der Waals surface area contributed by atoms with Crippen molar-refractivity contribution in [3.8, 4) is 0 Å². The van der Waals surface area contributed by atoms with Crippen molar-refractivity contribution in [3.63, 3.8) is 0 Å². The van der Waals surface area contributed by atoms with E-state index in [2.05, 4.69) is 30.9 Å². The Labute approximate surface area is 296 Å². The first-order chi connectivity index (χ1) is 23.4. The lowest BCUT2D eigenvalue weighted by molar-refractivity contribution is -0.164. The zero-order valence-corrected chi connectivity index (χ0v) is 32.2. The molecule has 0 saturated carbocycles. The summed E-state index contributed by atoms with van der Waals surface area (Å²) in [5, 5.41) is 0. The van der Waals surface area contributed by atoms with E-state index in [4.69, 9.17) is 18.9 Å². The lowest BCUT2D eigenvalue weighted by Gasteiger charge is -2.23. The zero-order valence-electron chi connectivity index (χ0n) is 32.2. The number of carbonyl (C=O) groups is 2. The molecule has 0 aromatic carbocycles. The van der Waals surface area contributed by atoms with E-state index in [0.29, 0.717) is 32.7 Å². The molecule has 0 fully saturated rings. The van der Waals surface area contributed by atoms with E-state index in [1.807, 2.05) is 33.2 Å². The molecule has 7 heteroatoms. The van der Waals surface area contributed by atoms with Crippen LogP contribution in [-0.4, -0.2) is 69.7 Å². The number of ether oxygens (including phenoxy) is 4. The Balaban J connectivity index is 4.11. The highest BCUT2D eigenvalue weighted by Crippen LogP contribution is 2.19. The second-order valence-corrected chi connectivity index (χ2v) is 13.6. The number of nitrogens with zero attached hydrogens (tertiary/aromatic N) is 1. The van der Waals surface area contributed by atoms with E-state index in [9.17, 15) is 9.59 Å². The van der Waals surface area contributed by atoms with Crippen molar-refractivity contribution in [2.75, 3.05) is 40.5 Å².